The van der Waals surface area contributed by atoms with Gasteiger partial charge in [0.05, 0.1) is 20.1 Å². The highest BCUT2D eigenvalue weighted by Gasteiger charge is 2.21. The lowest BCUT2D eigenvalue weighted by Gasteiger charge is -2.09. The second-order valence-corrected chi connectivity index (χ2v) is 6.69. The van der Waals surface area contributed by atoms with Crippen LogP contribution in [-0.2, 0) is 26.0 Å². The number of hydrogen-bond donors (Lipinski definition) is 1. The minimum absolute atomic E-state index is 0.0111. The van der Waals surface area contributed by atoms with Gasteiger partial charge in [-0.3, -0.25) is 4.79 Å². The highest BCUT2D eigenvalue weighted by atomic mass is 32.2. The Bertz CT molecular complexity index is 622. The zero-order chi connectivity index (χ0) is 15.5. The van der Waals surface area contributed by atoms with Crippen LogP contribution in [-0.4, -0.2) is 28.1 Å². The van der Waals surface area contributed by atoms with Gasteiger partial charge in [-0.1, -0.05) is 18.9 Å². The summed E-state index contributed by atoms with van der Waals surface area (Å²) in [5.74, 6) is 0.484. The Balaban J connectivity index is 2.00. The van der Waals surface area contributed by atoms with Crippen molar-refractivity contribution in [3.05, 3.63) is 23.8 Å². The zero-order valence-corrected chi connectivity index (χ0v) is 12.7. The molecule has 0 aliphatic heterocycles. The fourth-order valence-electron chi connectivity index (χ4n) is 2.02. The molecule has 1 aromatic rings. The number of methoxy groups -OCH3 is 1. The molecule has 1 aliphatic carbocycles. The van der Waals surface area contributed by atoms with Crippen LogP contribution in [0, 0.1) is 5.92 Å². The molecule has 0 spiro atoms. The molecule has 0 heterocycles. The van der Waals surface area contributed by atoms with E-state index in [1.165, 1.54) is 32.1 Å². The maximum atomic E-state index is 11.7. The molecule has 1 fully saturated rings. The first kappa shape index (κ1) is 15.8. The monoisotopic (exact) mass is 313 g/mol. The summed E-state index contributed by atoms with van der Waals surface area (Å²) in [7, 11) is -2.54. The van der Waals surface area contributed by atoms with Crippen LogP contribution in [0.25, 0.3) is 0 Å². The smallest absolute Gasteiger partial charge is 0.310 e. The van der Waals surface area contributed by atoms with Gasteiger partial charge in [-0.2, -0.15) is 0 Å². The largest absolute Gasteiger partial charge is 0.495 e. The Morgan fingerprint density at radius 2 is 2.10 bits per heavy atom. The first-order valence-corrected chi connectivity index (χ1v) is 8.30. The third-order valence-electron chi connectivity index (χ3n) is 3.37. The van der Waals surface area contributed by atoms with Gasteiger partial charge in [0.2, 0.25) is 10.0 Å². The Morgan fingerprint density at radius 1 is 1.38 bits per heavy atom. The van der Waals surface area contributed by atoms with Gasteiger partial charge < -0.3 is 9.47 Å². The van der Waals surface area contributed by atoms with E-state index in [-0.39, 0.29) is 23.0 Å². The molecule has 2 rings (SSSR count). The summed E-state index contributed by atoms with van der Waals surface area (Å²) in [6, 6.07) is 4.44. The van der Waals surface area contributed by atoms with Gasteiger partial charge in [-0.05, 0) is 30.0 Å². The molecular weight excluding hydrogens is 294 g/mol. The van der Waals surface area contributed by atoms with E-state index in [1.54, 1.807) is 6.07 Å². The summed E-state index contributed by atoms with van der Waals surface area (Å²) in [6.07, 6.45) is 3.34. The number of hydrogen-bond acceptors (Lipinski definition) is 5. The SMILES string of the molecule is COc1ccc(CC(=O)OCCC2CC2)cc1S(N)(=O)=O. The highest BCUT2D eigenvalue weighted by Crippen LogP contribution is 2.32. The van der Waals surface area contributed by atoms with E-state index in [1.807, 2.05) is 0 Å². The fourth-order valence-corrected chi connectivity index (χ4v) is 2.76. The number of carbonyl (C=O) groups is 1. The molecule has 0 bridgehead atoms. The number of sulfonamides is 1. The van der Waals surface area contributed by atoms with Crippen LogP contribution in [0.15, 0.2) is 23.1 Å². The third kappa shape index (κ3) is 4.71. The summed E-state index contributed by atoms with van der Waals surface area (Å²) >= 11 is 0. The van der Waals surface area contributed by atoms with E-state index < -0.39 is 10.0 Å². The van der Waals surface area contributed by atoms with Gasteiger partial charge >= 0.3 is 5.97 Å². The number of esters is 1. The van der Waals surface area contributed by atoms with Crippen LogP contribution in [0.3, 0.4) is 0 Å². The number of primary sulfonamides is 1. The van der Waals surface area contributed by atoms with Crippen molar-refractivity contribution in [3.63, 3.8) is 0 Å². The average molecular weight is 313 g/mol. The minimum atomic E-state index is -3.90. The maximum absolute atomic E-state index is 11.7. The second-order valence-electron chi connectivity index (χ2n) is 5.16. The van der Waals surface area contributed by atoms with Crippen molar-refractivity contribution in [3.8, 4) is 5.75 Å². The van der Waals surface area contributed by atoms with Crippen molar-refractivity contribution < 1.29 is 22.7 Å². The summed E-state index contributed by atoms with van der Waals surface area (Å²) in [4.78, 5) is 11.6. The normalized spacial score (nSPS) is 14.8. The fraction of sp³-hybridized carbons (Fsp3) is 0.500. The van der Waals surface area contributed by atoms with Gasteiger partial charge in [0, 0.05) is 0 Å². The number of carbonyl (C=O) groups excluding carboxylic acids is 1. The van der Waals surface area contributed by atoms with E-state index in [9.17, 15) is 13.2 Å². The molecule has 0 radical (unpaired) electrons. The summed E-state index contributed by atoms with van der Waals surface area (Å²) in [5, 5.41) is 5.13. The maximum Gasteiger partial charge on any atom is 0.310 e. The quantitative estimate of drug-likeness (QED) is 0.764. The molecule has 0 atom stereocenters. The number of rotatable bonds is 7. The number of ether oxygens (including phenoxy) is 2. The third-order valence-corrected chi connectivity index (χ3v) is 4.30. The predicted molar refractivity (Wildman–Crippen MR) is 76.4 cm³/mol. The first-order valence-electron chi connectivity index (χ1n) is 6.75. The second kappa shape index (κ2) is 6.44. The zero-order valence-electron chi connectivity index (χ0n) is 11.9. The average Bonchev–Trinajstić information content (AvgIpc) is 3.22. The van der Waals surface area contributed by atoms with E-state index in [0.29, 0.717) is 18.1 Å². The highest BCUT2D eigenvalue weighted by molar-refractivity contribution is 7.89. The van der Waals surface area contributed by atoms with Gasteiger partial charge in [-0.25, -0.2) is 13.6 Å². The van der Waals surface area contributed by atoms with Crippen LogP contribution < -0.4 is 9.88 Å². The van der Waals surface area contributed by atoms with Crippen LogP contribution in [0.1, 0.15) is 24.8 Å². The molecule has 1 aromatic carbocycles. The molecular formula is C14H19NO5S. The molecule has 0 amide bonds. The van der Waals surface area contributed by atoms with Gasteiger partial charge in [0.15, 0.2) is 0 Å². The topological polar surface area (TPSA) is 95.7 Å². The number of nitrogens with two attached hydrogens (primary N) is 1. The minimum Gasteiger partial charge on any atom is -0.495 e. The van der Waals surface area contributed by atoms with Crippen LogP contribution >= 0.6 is 0 Å². The van der Waals surface area contributed by atoms with E-state index in [2.05, 4.69) is 0 Å². The van der Waals surface area contributed by atoms with Gasteiger partial charge in [0.25, 0.3) is 0 Å². The van der Waals surface area contributed by atoms with Crippen LogP contribution in [0.2, 0.25) is 0 Å². The summed E-state index contributed by atoms with van der Waals surface area (Å²) < 4.78 is 33.1. The summed E-state index contributed by atoms with van der Waals surface area (Å²) in [5.41, 5.74) is 0.524. The Hall–Kier alpha value is -1.60. The van der Waals surface area contributed by atoms with Crippen molar-refractivity contribution in [1.29, 1.82) is 0 Å². The van der Waals surface area contributed by atoms with Crippen LogP contribution in [0.4, 0.5) is 0 Å². The van der Waals surface area contributed by atoms with E-state index in [4.69, 9.17) is 14.6 Å². The molecule has 1 saturated carbocycles. The lowest BCUT2D eigenvalue weighted by molar-refractivity contribution is -0.143. The molecule has 7 heteroatoms. The molecule has 0 saturated heterocycles. The molecule has 0 aromatic heterocycles. The lowest BCUT2D eigenvalue weighted by atomic mass is 10.1. The Morgan fingerprint density at radius 3 is 2.67 bits per heavy atom. The molecule has 21 heavy (non-hydrogen) atoms. The van der Waals surface area contributed by atoms with E-state index in [0.717, 1.165) is 6.42 Å². The summed E-state index contributed by atoms with van der Waals surface area (Å²) in [6.45, 7) is 0.418. The Kier molecular flexibility index (Phi) is 4.84. The van der Waals surface area contributed by atoms with Crippen molar-refractivity contribution in [1.82, 2.24) is 0 Å². The van der Waals surface area contributed by atoms with Crippen LogP contribution in [0.5, 0.6) is 5.75 Å². The standard InChI is InChI=1S/C14H19NO5S/c1-19-12-5-4-11(8-13(12)21(15,17)18)9-14(16)20-7-6-10-2-3-10/h4-5,8,10H,2-3,6-7,9H2,1H3,(H2,15,17,18). The molecule has 116 valence electrons. The van der Waals surface area contributed by atoms with Crippen molar-refractivity contribution in [2.75, 3.05) is 13.7 Å². The molecule has 2 N–H and O–H groups in total. The Labute approximate surface area is 124 Å². The van der Waals surface area contributed by atoms with Gasteiger partial charge in [-0.15, -0.1) is 0 Å². The van der Waals surface area contributed by atoms with Crippen molar-refractivity contribution in [2.24, 2.45) is 11.1 Å². The molecule has 1 aliphatic rings. The molecule has 6 nitrogen and oxygen atoms in total. The van der Waals surface area contributed by atoms with Gasteiger partial charge in [0.1, 0.15) is 10.6 Å². The predicted octanol–water partition coefficient (Wildman–Crippen LogP) is 1.23. The van der Waals surface area contributed by atoms with E-state index >= 15 is 0 Å². The van der Waals surface area contributed by atoms with Crippen molar-refractivity contribution in [2.45, 2.75) is 30.6 Å². The molecule has 0 unspecified atom stereocenters. The first-order chi connectivity index (χ1) is 9.90. The number of benzene rings is 1. The van der Waals surface area contributed by atoms with Crippen molar-refractivity contribution >= 4 is 16.0 Å². The lowest BCUT2D eigenvalue weighted by Crippen LogP contribution is -2.15.